The molecule has 2 rings (SSSR count). The van der Waals surface area contributed by atoms with E-state index in [1.54, 1.807) is 4.57 Å². The maximum absolute atomic E-state index is 6.08. The molecule has 0 aliphatic rings. The van der Waals surface area contributed by atoms with Gasteiger partial charge in [0.2, 0.25) is 5.95 Å². The fourth-order valence-electron chi connectivity index (χ4n) is 1.82. The summed E-state index contributed by atoms with van der Waals surface area (Å²) >= 11 is 6.08. The summed E-state index contributed by atoms with van der Waals surface area (Å²) in [5.74, 6) is 0.953. The van der Waals surface area contributed by atoms with Crippen LogP contribution in [0.3, 0.4) is 0 Å². The first-order valence-electron chi connectivity index (χ1n) is 5.58. The Morgan fingerprint density at radius 3 is 2.24 bits per heavy atom. The molecule has 0 aliphatic heterocycles. The van der Waals surface area contributed by atoms with E-state index in [1.807, 2.05) is 7.05 Å². The van der Waals surface area contributed by atoms with Crippen molar-refractivity contribution in [1.82, 2.24) is 9.55 Å². The van der Waals surface area contributed by atoms with Gasteiger partial charge in [-0.05, 0) is 11.5 Å². The topological polar surface area (TPSA) is 43.8 Å². The van der Waals surface area contributed by atoms with Crippen molar-refractivity contribution in [3.05, 3.63) is 35.0 Å². The number of nitrogens with zero attached hydrogens (tertiary/aromatic N) is 2. The van der Waals surface area contributed by atoms with E-state index in [2.05, 4.69) is 43.1 Å². The van der Waals surface area contributed by atoms with E-state index in [0.29, 0.717) is 17.0 Å². The van der Waals surface area contributed by atoms with E-state index in [4.69, 9.17) is 17.3 Å². The molecule has 2 N–H and O–H groups in total. The second-order valence-corrected chi connectivity index (χ2v) is 4.80. The summed E-state index contributed by atoms with van der Waals surface area (Å²) in [6.45, 7) is 4.34. The van der Waals surface area contributed by atoms with Gasteiger partial charge < -0.3 is 10.3 Å². The molecule has 90 valence electrons. The Morgan fingerprint density at radius 2 is 1.82 bits per heavy atom. The van der Waals surface area contributed by atoms with Crippen LogP contribution in [0.5, 0.6) is 0 Å². The minimum atomic E-state index is 0.429. The molecule has 1 aromatic carbocycles. The molecule has 3 nitrogen and oxygen atoms in total. The highest BCUT2D eigenvalue weighted by Gasteiger charge is 2.12. The molecule has 0 saturated carbocycles. The quantitative estimate of drug-likeness (QED) is 0.886. The summed E-state index contributed by atoms with van der Waals surface area (Å²) in [5.41, 5.74) is 8.92. The summed E-state index contributed by atoms with van der Waals surface area (Å²) in [6, 6.07) is 8.33. The second-order valence-electron chi connectivity index (χ2n) is 4.45. The number of nitrogens with two attached hydrogens (primary N) is 1. The zero-order valence-electron chi connectivity index (χ0n) is 10.2. The number of anilines is 1. The average molecular weight is 250 g/mol. The number of benzene rings is 1. The third-order valence-electron chi connectivity index (χ3n) is 2.94. The van der Waals surface area contributed by atoms with Gasteiger partial charge in [0.15, 0.2) is 5.15 Å². The summed E-state index contributed by atoms with van der Waals surface area (Å²) in [5, 5.41) is 0.447. The van der Waals surface area contributed by atoms with Gasteiger partial charge in [0.1, 0.15) is 0 Å². The first-order chi connectivity index (χ1) is 8.00. The Bertz CT molecular complexity index is 526. The largest absolute Gasteiger partial charge is 0.369 e. The third kappa shape index (κ3) is 2.15. The molecule has 0 unspecified atom stereocenters. The molecule has 1 heterocycles. The SMILES string of the molecule is CC(C)c1ccc(-c2c(Cl)nc(N)n2C)cc1. The van der Waals surface area contributed by atoms with E-state index in [9.17, 15) is 0 Å². The minimum Gasteiger partial charge on any atom is -0.369 e. The Labute approximate surface area is 106 Å². The van der Waals surface area contributed by atoms with Gasteiger partial charge in [-0.15, -0.1) is 0 Å². The highest BCUT2D eigenvalue weighted by atomic mass is 35.5. The molecule has 4 heteroatoms. The van der Waals surface area contributed by atoms with Crippen molar-refractivity contribution < 1.29 is 0 Å². The van der Waals surface area contributed by atoms with Crippen LogP contribution in [0.15, 0.2) is 24.3 Å². The number of aromatic nitrogens is 2. The zero-order chi connectivity index (χ0) is 12.6. The minimum absolute atomic E-state index is 0.429. The van der Waals surface area contributed by atoms with Gasteiger partial charge in [0, 0.05) is 12.6 Å². The molecule has 0 spiro atoms. The van der Waals surface area contributed by atoms with Crippen LogP contribution in [-0.4, -0.2) is 9.55 Å². The predicted octanol–water partition coefficient (Wildman–Crippen LogP) is 3.45. The summed E-state index contributed by atoms with van der Waals surface area (Å²) in [7, 11) is 1.86. The van der Waals surface area contributed by atoms with Gasteiger partial charge >= 0.3 is 0 Å². The van der Waals surface area contributed by atoms with Crippen molar-refractivity contribution in [2.75, 3.05) is 5.73 Å². The average Bonchev–Trinajstić information content (AvgIpc) is 2.53. The molecule has 0 aliphatic carbocycles. The fourth-order valence-corrected chi connectivity index (χ4v) is 2.14. The number of halogens is 1. The van der Waals surface area contributed by atoms with E-state index in [0.717, 1.165) is 11.3 Å². The summed E-state index contributed by atoms with van der Waals surface area (Å²) in [6.07, 6.45) is 0. The lowest BCUT2D eigenvalue weighted by Crippen LogP contribution is -1.98. The maximum atomic E-state index is 6.08. The fraction of sp³-hybridized carbons (Fsp3) is 0.308. The molecule has 1 aromatic heterocycles. The Balaban J connectivity index is 2.47. The summed E-state index contributed by atoms with van der Waals surface area (Å²) in [4.78, 5) is 4.05. The normalized spacial score (nSPS) is 11.1. The van der Waals surface area contributed by atoms with Gasteiger partial charge in [0.25, 0.3) is 0 Å². The number of rotatable bonds is 2. The van der Waals surface area contributed by atoms with Gasteiger partial charge in [-0.3, -0.25) is 0 Å². The number of hydrogen-bond acceptors (Lipinski definition) is 2. The van der Waals surface area contributed by atoms with E-state index in [1.165, 1.54) is 5.56 Å². The maximum Gasteiger partial charge on any atom is 0.201 e. The second kappa shape index (κ2) is 4.41. The molecular weight excluding hydrogens is 234 g/mol. The van der Waals surface area contributed by atoms with E-state index < -0.39 is 0 Å². The molecule has 17 heavy (non-hydrogen) atoms. The monoisotopic (exact) mass is 249 g/mol. The highest BCUT2D eigenvalue weighted by Crippen LogP contribution is 2.29. The molecule has 0 atom stereocenters. The van der Waals surface area contributed by atoms with Crippen molar-refractivity contribution >= 4 is 17.5 Å². The van der Waals surface area contributed by atoms with Gasteiger partial charge in [-0.1, -0.05) is 49.7 Å². The van der Waals surface area contributed by atoms with Crippen LogP contribution in [0.4, 0.5) is 5.95 Å². The van der Waals surface area contributed by atoms with Crippen molar-refractivity contribution in [2.24, 2.45) is 7.05 Å². The molecule has 0 saturated heterocycles. The van der Waals surface area contributed by atoms with Crippen molar-refractivity contribution in [1.29, 1.82) is 0 Å². The Morgan fingerprint density at radius 1 is 1.24 bits per heavy atom. The van der Waals surface area contributed by atoms with Crippen LogP contribution >= 0.6 is 11.6 Å². The van der Waals surface area contributed by atoms with Gasteiger partial charge in [-0.25, -0.2) is 4.98 Å². The Hall–Kier alpha value is -1.48. The molecular formula is C13H16ClN3. The zero-order valence-corrected chi connectivity index (χ0v) is 11.0. The van der Waals surface area contributed by atoms with Crippen molar-refractivity contribution in [3.8, 4) is 11.3 Å². The lowest BCUT2D eigenvalue weighted by molar-refractivity contribution is 0.866. The van der Waals surface area contributed by atoms with E-state index in [-0.39, 0.29) is 0 Å². The lowest BCUT2D eigenvalue weighted by Gasteiger charge is -2.08. The molecule has 0 amide bonds. The van der Waals surface area contributed by atoms with Crippen LogP contribution in [-0.2, 0) is 7.05 Å². The predicted molar refractivity (Wildman–Crippen MR) is 72.2 cm³/mol. The van der Waals surface area contributed by atoms with Crippen LogP contribution < -0.4 is 5.73 Å². The number of hydrogen-bond donors (Lipinski definition) is 1. The number of nitrogen functional groups attached to an aromatic ring is 1. The van der Waals surface area contributed by atoms with Crippen LogP contribution in [0, 0.1) is 0 Å². The summed E-state index contributed by atoms with van der Waals surface area (Å²) < 4.78 is 1.80. The van der Waals surface area contributed by atoms with Crippen LogP contribution in [0.1, 0.15) is 25.3 Å². The third-order valence-corrected chi connectivity index (χ3v) is 3.20. The lowest BCUT2D eigenvalue weighted by atomic mass is 10.0. The van der Waals surface area contributed by atoms with Crippen molar-refractivity contribution in [3.63, 3.8) is 0 Å². The van der Waals surface area contributed by atoms with Crippen LogP contribution in [0.2, 0.25) is 5.15 Å². The smallest absolute Gasteiger partial charge is 0.201 e. The van der Waals surface area contributed by atoms with Gasteiger partial charge in [0.05, 0.1) is 5.69 Å². The van der Waals surface area contributed by atoms with Crippen LogP contribution in [0.25, 0.3) is 11.3 Å². The van der Waals surface area contributed by atoms with Gasteiger partial charge in [-0.2, -0.15) is 0 Å². The van der Waals surface area contributed by atoms with Crippen molar-refractivity contribution in [2.45, 2.75) is 19.8 Å². The standard InChI is InChI=1S/C13H16ClN3/c1-8(2)9-4-6-10(7-5-9)11-12(14)16-13(15)17(11)3/h4-8H,1-3H3,(H2,15,16). The first-order valence-corrected chi connectivity index (χ1v) is 5.96. The number of imidazole rings is 1. The Kier molecular flexibility index (Phi) is 3.11. The first kappa shape index (κ1) is 12.0. The molecule has 0 fully saturated rings. The molecule has 2 aromatic rings. The molecule has 0 bridgehead atoms. The molecule has 0 radical (unpaired) electrons. The highest BCUT2D eigenvalue weighted by molar-refractivity contribution is 6.32. The van der Waals surface area contributed by atoms with E-state index >= 15 is 0 Å².